The molecule has 0 aliphatic rings. The molecule has 1 heterocycles. The Morgan fingerprint density at radius 1 is 0.947 bits per heavy atom. The largest absolute Gasteiger partial charge is 0.297 e. The van der Waals surface area contributed by atoms with E-state index in [1.165, 1.54) is 64.2 Å². The van der Waals surface area contributed by atoms with Crippen LogP contribution in [0.4, 0.5) is 5.95 Å². The number of anilines is 1. The van der Waals surface area contributed by atoms with Gasteiger partial charge in [0.15, 0.2) is 0 Å². The first-order chi connectivity index (χ1) is 9.43. The van der Waals surface area contributed by atoms with Gasteiger partial charge in [-0.25, -0.2) is 5.10 Å². The van der Waals surface area contributed by atoms with Gasteiger partial charge < -0.3 is 0 Å². The predicted molar refractivity (Wildman–Crippen MR) is 82.1 cm³/mol. The lowest BCUT2D eigenvalue weighted by atomic mass is 10.1. The van der Waals surface area contributed by atoms with Crippen molar-refractivity contribution < 1.29 is 0 Å². The highest BCUT2D eigenvalue weighted by molar-refractivity contribution is 8.00. The minimum absolute atomic E-state index is 0.636. The predicted octanol–water partition coefficient (Wildman–Crippen LogP) is 4.18. The number of nitrogens with one attached hydrogen (secondary N) is 2. The van der Waals surface area contributed by atoms with Crippen molar-refractivity contribution >= 4 is 17.9 Å². The highest BCUT2D eigenvalue weighted by Crippen LogP contribution is 2.12. The maximum absolute atomic E-state index is 3.76. The van der Waals surface area contributed by atoms with Crippen molar-refractivity contribution in [2.45, 2.75) is 71.1 Å². The number of H-pyrrole nitrogens is 1. The van der Waals surface area contributed by atoms with E-state index in [1.807, 2.05) is 0 Å². The molecule has 0 aliphatic heterocycles. The molecule has 0 saturated carbocycles. The van der Waals surface area contributed by atoms with Gasteiger partial charge in [0, 0.05) is 5.75 Å². The molecule has 110 valence electrons. The average molecular weight is 285 g/mol. The van der Waals surface area contributed by atoms with Gasteiger partial charge in [-0.1, -0.05) is 81.8 Å². The summed E-state index contributed by atoms with van der Waals surface area (Å²) in [5.41, 5.74) is 0. The lowest BCUT2D eigenvalue weighted by Crippen LogP contribution is -1.92. The number of nitrogens with zero attached hydrogens (tertiary/aromatic N) is 3. The number of aromatic nitrogens is 4. The van der Waals surface area contributed by atoms with Gasteiger partial charge in [-0.2, -0.15) is 0 Å². The number of hydrogen-bond donors (Lipinski definition) is 2. The average Bonchev–Trinajstić information content (AvgIpc) is 2.93. The van der Waals surface area contributed by atoms with Gasteiger partial charge in [-0.3, -0.25) is 4.72 Å². The van der Waals surface area contributed by atoms with E-state index >= 15 is 0 Å². The summed E-state index contributed by atoms with van der Waals surface area (Å²) in [6.45, 7) is 2.27. The molecule has 6 heteroatoms. The van der Waals surface area contributed by atoms with E-state index in [2.05, 4.69) is 32.3 Å². The maximum atomic E-state index is 3.76. The summed E-state index contributed by atoms with van der Waals surface area (Å²) < 4.78 is 3.08. The highest BCUT2D eigenvalue weighted by atomic mass is 32.2. The third-order valence-corrected chi connectivity index (χ3v) is 3.94. The van der Waals surface area contributed by atoms with Crippen molar-refractivity contribution in [2.24, 2.45) is 0 Å². The second kappa shape index (κ2) is 12.3. The SMILES string of the molecule is CCCCCCCCCCCCSNc1nnn[nH]1. The molecule has 1 aromatic rings. The summed E-state index contributed by atoms with van der Waals surface area (Å²) in [7, 11) is 0. The van der Waals surface area contributed by atoms with Gasteiger partial charge in [0.25, 0.3) is 0 Å². The number of hydrogen-bond acceptors (Lipinski definition) is 5. The van der Waals surface area contributed by atoms with Crippen LogP contribution in [0, 0.1) is 0 Å². The molecular formula is C13H27N5S. The highest BCUT2D eigenvalue weighted by Gasteiger charge is 1.96. The minimum atomic E-state index is 0.636. The Morgan fingerprint density at radius 3 is 2.16 bits per heavy atom. The topological polar surface area (TPSA) is 66.5 Å². The number of aromatic amines is 1. The summed E-state index contributed by atoms with van der Waals surface area (Å²) in [6.07, 6.45) is 13.8. The summed E-state index contributed by atoms with van der Waals surface area (Å²) in [5.74, 6) is 1.74. The van der Waals surface area contributed by atoms with Gasteiger partial charge in [-0.05, 0) is 16.8 Å². The van der Waals surface area contributed by atoms with Crippen LogP contribution in [-0.4, -0.2) is 26.4 Å². The van der Waals surface area contributed by atoms with E-state index in [0.717, 1.165) is 5.75 Å². The maximum Gasteiger partial charge on any atom is 0.250 e. The Kier molecular flexibility index (Phi) is 10.5. The van der Waals surface area contributed by atoms with Gasteiger partial charge in [0.2, 0.25) is 5.95 Å². The normalized spacial score (nSPS) is 10.8. The Hall–Kier alpha value is -0.780. The first-order valence-electron chi connectivity index (χ1n) is 7.55. The lowest BCUT2D eigenvalue weighted by molar-refractivity contribution is 0.563. The van der Waals surface area contributed by atoms with E-state index < -0.39 is 0 Å². The summed E-state index contributed by atoms with van der Waals surface area (Å²) in [4.78, 5) is 0. The molecule has 5 nitrogen and oxygen atoms in total. The molecule has 0 aliphatic carbocycles. The molecule has 0 amide bonds. The van der Waals surface area contributed by atoms with Crippen LogP contribution in [-0.2, 0) is 0 Å². The number of unbranched alkanes of at least 4 members (excludes halogenated alkanes) is 9. The van der Waals surface area contributed by atoms with Crippen molar-refractivity contribution in [1.29, 1.82) is 0 Å². The smallest absolute Gasteiger partial charge is 0.250 e. The zero-order chi connectivity index (χ0) is 13.6. The third kappa shape index (κ3) is 9.76. The fourth-order valence-electron chi connectivity index (χ4n) is 1.98. The van der Waals surface area contributed by atoms with Crippen LogP contribution in [0.15, 0.2) is 0 Å². The molecule has 0 bridgehead atoms. The van der Waals surface area contributed by atoms with Gasteiger partial charge in [-0.15, -0.1) is 0 Å². The molecule has 0 fully saturated rings. The lowest BCUT2D eigenvalue weighted by Gasteiger charge is -2.02. The van der Waals surface area contributed by atoms with Gasteiger partial charge >= 0.3 is 0 Å². The molecule has 0 spiro atoms. The summed E-state index contributed by atoms with van der Waals surface area (Å²) in [5, 5.41) is 13.4. The van der Waals surface area contributed by atoms with Crippen LogP contribution in [0.3, 0.4) is 0 Å². The number of rotatable bonds is 13. The van der Waals surface area contributed by atoms with E-state index in [0.29, 0.717) is 5.95 Å². The quantitative estimate of drug-likeness (QED) is 0.420. The number of tetrazole rings is 1. The van der Waals surface area contributed by atoms with Crippen LogP contribution in [0.25, 0.3) is 0 Å². The fraction of sp³-hybridized carbons (Fsp3) is 0.923. The zero-order valence-electron chi connectivity index (χ0n) is 12.0. The Labute approximate surface area is 120 Å². The van der Waals surface area contributed by atoms with E-state index in [-0.39, 0.29) is 0 Å². The van der Waals surface area contributed by atoms with Gasteiger partial charge in [0.05, 0.1) is 0 Å². The van der Waals surface area contributed by atoms with Crippen LogP contribution in [0.2, 0.25) is 0 Å². The minimum Gasteiger partial charge on any atom is -0.297 e. The molecule has 0 unspecified atom stereocenters. The molecule has 2 N–H and O–H groups in total. The fourth-order valence-corrected chi connectivity index (χ4v) is 2.66. The second-order valence-electron chi connectivity index (χ2n) is 4.88. The van der Waals surface area contributed by atoms with Crippen molar-refractivity contribution in [3.63, 3.8) is 0 Å². The van der Waals surface area contributed by atoms with Crippen LogP contribution < -0.4 is 4.72 Å². The zero-order valence-corrected chi connectivity index (χ0v) is 12.8. The van der Waals surface area contributed by atoms with Crippen molar-refractivity contribution in [2.75, 3.05) is 10.5 Å². The molecular weight excluding hydrogens is 258 g/mol. The van der Waals surface area contributed by atoms with Crippen molar-refractivity contribution in [3.8, 4) is 0 Å². The Balaban J connectivity index is 1.72. The summed E-state index contributed by atoms with van der Waals surface area (Å²) >= 11 is 1.66. The molecule has 1 aromatic heterocycles. The van der Waals surface area contributed by atoms with E-state index in [4.69, 9.17) is 0 Å². The Morgan fingerprint density at radius 2 is 1.58 bits per heavy atom. The monoisotopic (exact) mass is 285 g/mol. The first kappa shape index (κ1) is 16.3. The standard InChI is InChI=1S/C13H27N5S/c1-2-3-4-5-6-7-8-9-10-11-12-19-16-13-14-17-18-15-13/h2-12H2,1H3,(H2,14,15,16,17,18). The van der Waals surface area contributed by atoms with Crippen molar-refractivity contribution in [3.05, 3.63) is 0 Å². The van der Waals surface area contributed by atoms with Crippen molar-refractivity contribution in [1.82, 2.24) is 20.6 Å². The molecule has 0 saturated heterocycles. The van der Waals surface area contributed by atoms with E-state index in [1.54, 1.807) is 11.9 Å². The van der Waals surface area contributed by atoms with Crippen LogP contribution >= 0.6 is 11.9 Å². The van der Waals surface area contributed by atoms with Crippen LogP contribution in [0.5, 0.6) is 0 Å². The first-order valence-corrected chi connectivity index (χ1v) is 8.53. The third-order valence-electron chi connectivity index (χ3n) is 3.11. The summed E-state index contributed by atoms with van der Waals surface area (Å²) in [6, 6.07) is 0. The molecule has 19 heavy (non-hydrogen) atoms. The molecule has 0 atom stereocenters. The molecule has 1 rings (SSSR count). The van der Waals surface area contributed by atoms with Crippen LogP contribution in [0.1, 0.15) is 71.1 Å². The van der Waals surface area contributed by atoms with E-state index in [9.17, 15) is 0 Å². The van der Waals surface area contributed by atoms with Gasteiger partial charge in [0.1, 0.15) is 0 Å². The molecule has 0 aromatic carbocycles. The second-order valence-corrected chi connectivity index (χ2v) is 5.78. The molecule has 0 radical (unpaired) electrons. The Bertz CT molecular complexity index is 279.